The molecule has 0 radical (unpaired) electrons. The molecule has 1 aliphatic rings. The molecule has 2 atom stereocenters. The number of carboxylic acid groups (broad SMARTS) is 1. The van der Waals surface area contributed by atoms with Crippen LogP contribution < -0.4 is 4.74 Å². The molecule has 1 aliphatic heterocycles. The van der Waals surface area contributed by atoms with E-state index in [0.29, 0.717) is 17.9 Å². The quantitative estimate of drug-likeness (QED) is 0.740. The third-order valence-electron chi connectivity index (χ3n) is 4.86. The summed E-state index contributed by atoms with van der Waals surface area (Å²) in [6, 6.07) is 16.0. The van der Waals surface area contributed by atoms with Gasteiger partial charge in [-0.05, 0) is 57.9 Å². The highest BCUT2D eigenvalue weighted by Crippen LogP contribution is 2.43. The molecule has 1 amide bonds. The Bertz CT molecular complexity index is 917. The summed E-state index contributed by atoms with van der Waals surface area (Å²) in [5, 5.41) is 9.75. The van der Waals surface area contributed by atoms with Gasteiger partial charge in [0.1, 0.15) is 29.7 Å². The summed E-state index contributed by atoms with van der Waals surface area (Å²) in [4.78, 5) is 26.2. The lowest BCUT2D eigenvalue weighted by Crippen LogP contribution is -2.47. The zero-order chi connectivity index (χ0) is 22.8. The molecule has 7 nitrogen and oxygen atoms in total. The molecule has 2 unspecified atom stereocenters. The van der Waals surface area contributed by atoms with Crippen LogP contribution in [0.1, 0.15) is 51.8 Å². The van der Waals surface area contributed by atoms with Crippen LogP contribution in [0.3, 0.4) is 0 Å². The van der Waals surface area contributed by atoms with Crippen LogP contribution in [-0.4, -0.2) is 39.5 Å². The van der Waals surface area contributed by atoms with Gasteiger partial charge in [-0.25, -0.2) is 9.59 Å². The van der Waals surface area contributed by atoms with Gasteiger partial charge in [-0.1, -0.05) is 42.5 Å². The van der Waals surface area contributed by atoms with E-state index in [1.165, 1.54) is 4.90 Å². The Balaban J connectivity index is 1.85. The molecule has 1 heterocycles. The van der Waals surface area contributed by atoms with Gasteiger partial charge in [-0.15, -0.1) is 0 Å². The zero-order valence-corrected chi connectivity index (χ0v) is 18.5. The van der Waals surface area contributed by atoms with E-state index < -0.39 is 35.5 Å². The normalized spacial score (nSPS) is 20.4. The number of amides is 1. The number of carbonyl (C=O) groups is 2. The number of hydrogen-bond donors (Lipinski definition) is 1. The number of benzene rings is 2. The first kappa shape index (κ1) is 22.6. The summed E-state index contributed by atoms with van der Waals surface area (Å²) in [5.41, 5.74) is -0.220. The Hall–Kier alpha value is -3.06. The topological polar surface area (TPSA) is 85.3 Å². The first-order chi connectivity index (χ1) is 14.5. The maximum absolute atomic E-state index is 13.0. The fourth-order valence-electron chi connectivity index (χ4n) is 3.56. The lowest BCUT2D eigenvalue weighted by Gasteiger charge is -2.35. The summed E-state index contributed by atoms with van der Waals surface area (Å²) >= 11 is 0. The second-order valence-electron chi connectivity index (χ2n) is 8.96. The number of nitrogens with zero attached hydrogens (tertiary/aromatic N) is 1. The van der Waals surface area contributed by atoms with Crippen LogP contribution in [0.5, 0.6) is 5.75 Å². The summed E-state index contributed by atoms with van der Waals surface area (Å²) < 4.78 is 17.1. The van der Waals surface area contributed by atoms with Crippen LogP contribution >= 0.6 is 0 Å². The molecular formula is C24H29NO6. The molecule has 1 saturated heterocycles. The number of hydrogen-bond acceptors (Lipinski definition) is 5. The Morgan fingerprint density at radius 2 is 1.68 bits per heavy atom. The highest BCUT2D eigenvalue weighted by Gasteiger charge is 2.54. The van der Waals surface area contributed by atoms with E-state index in [4.69, 9.17) is 14.2 Å². The maximum Gasteiger partial charge on any atom is 0.413 e. The van der Waals surface area contributed by atoms with Crippen molar-refractivity contribution in [2.45, 2.75) is 64.7 Å². The fraction of sp³-hybridized carbons (Fsp3) is 0.417. The Morgan fingerprint density at radius 3 is 2.23 bits per heavy atom. The molecule has 0 saturated carbocycles. The maximum atomic E-state index is 13.0. The highest BCUT2D eigenvalue weighted by molar-refractivity contribution is 5.78. The highest BCUT2D eigenvalue weighted by atomic mass is 16.6. The lowest BCUT2D eigenvalue weighted by molar-refractivity contribution is -0.155. The number of carbonyl (C=O) groups excluding carboxylic acids is 1. The van der Waals surface area contributed by atoms with Gasteiger partial charge < -0.3 is 19.3 Å². The Morgan fingerprint density at radius 1 is 1.06 bits per heavy atom. The van der Waals surface area contributed by atoms with Gasteiger partial charge in [0.25, 0.3) is 0 Å². The minimum absolute atomic E-state index is 0.418. The SMILES string of the molecule is CC(C)(C)OC(=O)N1C(c2ccc(OCc3ccccc3)cc2)C(C(=O)O)OC1(C)C. The summed E-state index contributed by atoms with van der Waals surface area (Å²) in [6.07, 6.45) is -1.85. The largest absolute Gasteiger partial charge is 0.489 e. The van der Waals surface area contributed by atoms with Gasteiger partial charge in [-0.2, -0.15) is 0 Å². The summed E-state index contributed by atoms with van der Waals surface area (Å²) in [7, 11) is 0. The Labute approximate surface area is 182 Å². The van der Waals surface area contributed by atoms with Gasteiger partial charge in [0.15, 0.2) is 6.10 Å². The molecule has 0 aliphatic carbocycles. The smallest absolute Gasteiger partial charge is 0.413 e. The molecule has 1 N–H and O–H groups in total. The molecule has 2 aromatic carbocycles. The van der Waals surface area contributed by atoms with Crippen LogP contribution in [-0.2, 0) is 20.9 Å². The molecule has 0 bridgehead atoms. The van der Waals surface area contributed by atoms with Crippen molar-refractivity contribution in [1.82, 2.24) is 4.90 Å². The zero-order valence-electron chi connectivity index (χ0n) is 18.5. The van der Waals surface area contributed by atoms with Gasteiger partial charge in [-0.3, -0.25) is 4.90 Å². The minimum Gasteiger partial charge on any atom is -0.489 e. The first-order valence-electron chi connectivity index (χ1n) is 10.2. The summed E-state index contributed by atoms with van der Waals surface area (Å²) in [6.45, 7) is 9.02. The van der Waals surface area contributed by atoms with E-state index in [0.717, 1.165) is 5.56 Å². The second kappa shape index (κ2) is 8.59. The molecule has 7 heteroatoms. The second-order valence-corrected chi connectivity index (χ2v) is 8.96. The molecule has 3 rings (SSSR count). The fourth-order valence-corrected chi connectivity index (χ4v) is 3.56. The molecule has 0 spiro atoms. The van der Waals surface area contributed by atoms with Crippen molar-refractivity contribution in [3.8, 4) is 5.75 Å². The van der Waals surface area contributed by atoms with Crippen molar-refractivity contribution < 1.29 is 28.9 Å². The van der Waals surface area contributed by atoms with Gasteiger partial charge >= 0.3 is 12.1 Å². The van der Waals surface area contributed by atoms with E-state index >= 15 is 0 Å². The predicted octanol–water partition coefficient (Wildman–Crippen LogP) is 4.76. The van der Waals surface area contributed by atoms with Gasteiger partial charge in [0, 0.05) is 0 Å². The molecule has 166 valence electrons. The van der Waals surface area contributed by atoms with Crippen LogP contribution in [0.25, 0.3) is 0 Å². The van der Waals surface area contributed by atoms with Crippen molar-refractivity contribution in [2.24, 2.45) is 0 Å². The van der Waals surface area contributed by atoms with Gasteiger partial charge in [0.2, 0.25) is 0 Å². The molecule has 2 aromatic rings. The monoisotopic (exact) mass is 427 g/mol. The number of rotatable bonds is 5. The van der Waals surface area contributed by atoms with Crippen molar-refractivity contribution in [3.05, 3.63) is 65.7 Å². The predicted molar refractivity (Wildman–Crippen MR) is 115 cm³/mol. The number of aliphatic carboxylic acids is 1. The molecular weight excluding hydrogens is 398 g/mol. The third-order valence-corrected chi connectivity index (χ3v) is 4.86. The van der Waals surface area contributed by atoms with Crippen LogP contribution in [0.4, 0.5) is 4.79 Å². The Kier molecular flexibility index (Phi) is 6.27. The van der Waals surface area contributed by atoms with Crippen molar-refractivity contribution in [2.75, 3.05) is 0 Å². The van der Waals surface area contributed by atoms with Crippen molar-refractivity contribution in [1.29, 1.82) is 0 Å². The average Bonchev–Trinajstić information content (AvgIpc) is 2.98. The third kappa shape index (κ3) is 5.35. The molecule has 31 heavy (non-hydrogen) atoms. The van der Waals surface area contributed by atoms with E-state index in [1.54, 1.807) is 58.9 Å². The van der Waals surface area contributed by atoms with Gasteiger partial charge in [0.05, 0.1) is 0 Å². The molecule has 0 aromatic heterocycles. The molecule has 1 fully saturated rings. The van der Waals surface area contributed by atoms with Crippen LogP contribution in [0.2, 0.25) is 0 Å². The number of carboxylic acids is 1. The lowest BCUT2D eigenvalue weighted by atomic mass is 10.00. The standard InChI is InChI=1S/C24H29NO6/c1-23(2,3)31-22(28)25-19(20(21(26)27)30-24(25,4)5)17-11-13-18(14-12-17)29-15-16-9-7-6-8-10-16/h6-14,19-20H,15H2,1-5H3,(H,26,27). The summed E-state index contributed by atoms with van der Waals surface area (Å²) in [5.74, 6) is -0.505. The van der Waals surface area contributed by atoms with E-state index in [1.807, 2.05) is 30.3 Å². The van der Waals surface area contributed by atoms with E-state index in [-0.39, 0.29) is 0 Å². The first-order valence-corrected chi connectivity index (χ1v) is 10.2. The van der Waals surface area contributed by atoms with Crippen molar-refractivity contribution in [3.63, 3.8) is 0 Å². The number of ether oxygens (including phenoxy) is 3. The van der Waals surface area contributed by atoms with E-state index in [2.05, 4.69) is 0 Å². The minimum atomic E-state index is -1.22. The van der Waals surface area contributed by atoms with Crippen molar-refractivity contribution >= 4 is 12.1 Å². The average molecular weight is 427 g/mol. The van der Waals surface area contributed by atoms with E-state index in [9.17, 15) is 14.7 Å². The van der Waals surface area contributed by atoms with Crippen LogP contribution in [0.15, 0.2) is 54.6 Å². The van der Waals surface area contributed by atoms with Crippen LogP contribution in [0, 0.1) is 0 Å².